The third kappa shape index (κ3) is 2.84. The number of aryl methyl sites for hydroxylation is 1. The summed E-state index contributed by atoms with van der Waals surface area (Å²) in [4.78, 5) is 16.0. The molecule has 94 valence electrons. The van der Waals surface area contributed by atoms with E-state index < -0.39 is 5.82 Å². The molecule has 2 rings (SSSR count). The normalized spacial score (nSPS) is 10.3. The molecule has 1 aromatic carbocycles. The van der Waals surface area contributed by atoms with Gasteiger partial charge in [0.05, 0.1) is 12.2 Å². The minimum Gasteiger partial charge on any atom is -0.396 e. The van der Waals surface area contributed by atoms with Crippen LogP contribution in [0.25, 0.3) is 0 Å². The fraction of sp³-hybridized carbons (Fsp3) is 0.167. The Morgan fingerprint density at radius 3 is 2.94 bits per heavy atom. The van der Waals surface area contributed by atoms with E-state index in [2.05, 4.69) is 10.3 Å². The van der Waals surface area contributed by atoms with Crippen molar-refractivity contribution in [2.24, 2.45) is 0 Å². The second kappa shape index (κ2) is 5.14. The zero-order valence-corrected chi connectivity index (χ0v) is 10.6. The molecule has 0 atom stereocenters. The Morgan fingerprint density at radius 2 is 2.33 bits per heavy atom. The lowest BCUT2D eigenvalue weighted by atomic mass is 10.2. The lowest BCUT2D eigenvalue weighted by Gasteiger charge is -2.04. The standard InChI is InChI=1S/C12H12FN3OS/c1-7-6-18-11(16-7)5-15-12(17)8-2-3-9(13)10(14)4-8/h2-4,6H,5,14H2,1H3,(H,15,17). The number of nitrogens with one attached hydrogen (secondary N) is 1. The average Bonchev–Trinajstić information content (AvgIpc) is 2.75. The van der Waals surface area contributed by atoms with Crippen LogP contribution in [0, 0.1) is 12.7 Å². The molecule has 0 unspecified atom stereocenters. The number of nitrogens with zero attached hydrogens (tertiary/aromatic N) is 1. The minimum absolute atomic E-state index is 0.0345. The molecule has 0 fully saturated rings. The van der Waals surface area contributed by atoms with E-state index in [1.807, 2.05) is 12.3 Å². The first-order valence-corrected chi connectivity index (χ1v) is 6.18. The Kier molecular flexibility index (Phi) is 3.57. The predicted molar refractivity (Wildman–Crippen MR) is 68.8 cm³/mol. The van der Waals surface area contributed by atoms with Crippen molar-refractivity contribution >= 4 is 22.9 Å². The molecule has 0 aliphatic heterocycles. The van der Waals surface area contributed by atoms with Crippen LogP contribution in [0.4, 0.5) is 10.1 Å². The van der Waals surface area contributed by atoms with Gasteiger partial charge in [0.25, 0.3) is 5.91 Å². The van der Waals surface area contributed by atoms with Gasteiger partial charge in [-0.2, -0.15) is 0 Å². The van der Waals surface area contributed by atoms with E-state index in [1.54, 1.807) is 0 Å². The van der Waals surface area contributed by atoms with Crippen molar-refractivity contribution in [3.05, 3.63) is 45.7 Å². The van der Waals surface area contributed by atoms with Gasteiger partial charge >= 0.3 is 0 Å². The number of hydrogen-bond donors (Lipinski definition) is 2. The summed E-state index contributed by atoms with van der Waals surface area (Å²) < 4.78 is 13.0. The van der Waals surface area contributed by atoms with Crippen LogP contribution in [0.1, 0.15) is 21.1 Å². The predicted octanol–water partition coefficient (Wildman–Crippen LogP) is 2.10. The minimum atomic E-state index is -0.526. The third-order valence-corrected chi connectivity index (χ3v) is 3.29. The summed E-state index contributed by atoms with van der Waals surface area (Å²) in [6.45, 7) is 2.25. The number of nitrogens with two attached hydrogens (primary N) is 1. The van der Waals surface area contributed by atoms with E-state index in [0.29, 0.717) is 12.1 Å². The molecule has 2 aromatic rings. The first-order chi connectivity index (χ1) is 8.56. The first-order valence-electron chi connectivity index (χ1n) is 5.30. The van der Waals surface area contributed by atoms with Gasteiger partial charge in [-0.25, -0.2) is 9.37 Å². The summed E-state index contributed by atoms with van der Waals surface area (Å²) in [5, 5.41) is 5.45. The zero-order valence-electron chi connectivity index (χ0n) is 9.74. The van der Waals surface area contributed by atoms with E-state index in [4.69, 9.17) is 5.73 Å². The summed E-state index contributed by atoms with van der Waals surface area (Å²) in [6.07, 6.45) is 0. The van der Waals surface area contributed by atoms with Crippen LogP contribution >= 0.6 is 11.3 Å². The van der Waals surface area contributed by atoms with Gasteiger partial charge in [0.1, 0.15) is 10.8 Å². The maximum Gasteiger partial charge on any atom is 0.251 e. The van der Waals surface area contributed by atoms with Gasteiger partial charge < -0.3 is 11.1 Å². The largest absolute Gasteiger partial charge is 0.396 e. The number of benzene rings is 1. The van der Waals surface area contributed by atoms with E-state index in [1.165, 1.54) is 29.5 Å². The fourth-order valence-electron chi connectivity index (χ4n) is 1.43. The smallest absolute Gasteiger partial charge is 0.251 e. The van der Waals surface area contributed by atoms with Crippen LogP contribution < -0.4 is 11.1 Å². The number of aromatic nitrogens is 1. The van der Waals surface area contributed by atoms with Crippen molar-refractivity contribution < 1.29 is 9.18 Å². The number of nitrogen functional groups attached to an aromatic ring is 1. The maximum atomic E-state index is 13.0. The SMILES string of the molecule is Cc1csc(CNC(=O)c2ccc(F)c(N)c2)n1. The van der Waals surface area contributed by atoms with Gasteiger partial charge in [0.15, 0.2) is 0 Å². The van der Waals surface area contributed by atoms with Crippen LogP contribution in [0.2, 0.25) is 0 Å². The van der Waals surface area contributed by atoms with E-state index in [-0.39, 0.29) is 11.6 Å². The second-order valence-electron chi connectivity index (χ2n) is 3.80. The number of amides is 1. The Balaban J connectivity index is 2.01. The van der Waals surface area contributed by atoms with Crippen molar-refractivity contribution in [2.45, 2.75) is 13.5 Å². The highest BCUT2D eigenvalue weighted by molar-refractivity contribution is 7.09. The van der Waals surface area contributed by atoms with E-state index >= 15 is 0 Å². The van der Waals surface area contributed by atoms with Crippen LogP contribution in [-0.2, 0) is 6.54 Å². The molecule has 1 amide bonds. The Bertz CT molecular complexity index is 582. The van der Waals surface area contributed by atoms with Gasteiger partial charge in [0.2, 0.25) is 0 Å². The first kappa shape index (κ1) is 12.5. The number of rotatable bonds is 3. The molecule has 1 aromatic heterocycles. The molecule has 0 spiro atoms. The molecule has 18 heavy (non-hydrogen) atoms. The molecule has 0 aliphatic carbocycles. The van der Waals surface area contributed by atoms with Crippen LogP contribution in [0.15, 0.2) is 23.6 Å². The third-order valence-electron chi connectivity index (χ3n) is 2.32. The van der Waals surface area contributed by atoms with Crippen molar-refractivity contribution in [1.29, 1.82) is 0 Å². The molecule has 0 saturated heterocycles. The maximum absolute atomic E-state index is 13.0. The van der Waals surface area contributed by atoms with Crippen LogP contribution in [0.5, 0.6) is 0 Å². The molecule has 6 heteroatoms. The van der Waals surface area contributed by atoms with Gasteiger partial charge in [-0.15, -0.1) is 11.3 Å². The van der Waals surface area contributed by atoms with Crippen LogP contribution in [-0.4, -0.2) is 10.9 Å². The quantitative estimate of drug-likeness (QED) is 0.835. The van der Waals surface area contributed by atoms with Crippen LogP contribution in [0.3, 0.4) is 0 Å². The number of carbonyl (C=O) groups is 1. The van der Waals surface area contributed by atoms with E-state index in [0.717, 1.165) is 10.7 Å². The van der Waals surface area contributed by atoms with Gasteiger partial charge in [-0.1, -0.05) is 0 Å². The molecule has 0 radical (unpaired) electrons. The number of hydrogen-bond acceptors (Lipinski definition) is 4. The highest BCUT2D eigenvalue weighted by atomic mass is 32.1. The Morgan fingerprint density at radius 1 is 1.56 bits per heavy atom. The Labute approximate surface area is 108 Å². The highest BCUT2D eigenvalue weighted by Gasteiger charge is 2.08. The topological polar surface area (TPSA) is 68.0 Å². The fourth-order valence-corrected chi connectivity index (χ4v) is 2.14. The molecule has 3 N–H and O–H groups in total. The summed E-state index contributed by atoms with van der Waals surface area (Å²) in [5.41, 5.74) is 6.63. The molecule has 0 bridgehead atoms. The summed E-state index contributed by atoms with van der Waals surface area (Å²) >= 11 is 1.48. The molecule has 0 saturated carbocycles. The lowest BCUT2D eigenvalue weighted by molar-refractivity contribution is 0.0951. The number of thiazole rings is 1. The highest BCUT2D eigenvalue weighted by Crippen LogP contribution is 2.13. The van der Waals surface area contributed by atoms with Gasteiger partial charge in [-0.05, 0) is 25.1 Å². The number of halogens is 1. The van der Waals surface area contributed by atoms with E-state index in [9.17, 15) is 9.18 Å². The molecular weight excluding hydrogens is 253 g/mol. The van der Waals surface area contributed by atoms with Crippen molar-refractivity contribution in [1.82, 2.24) is 10.3 Å². The van der Waals surface area contributed by atoms with Crippen molar-refractivity contribution in [3.8, 4) is 0 Å². The molecule has 0 aliphatic rings. The Hall–Kier alpha value is -1.95. The number of carbonyl (C=O) groups excluding carboxylic acids is 1. The van der Waals surface area contributed by atoms with Crippen molar-refractivity contribution in [3.63, 3.8) is 0 Å². The molecular formula is C12H12FN3OS. The lowest BCUT2D eigenvalue weighted by Crippen LogP contribution is -2.22. The number of anilines is 1. The van der Waals surface area contributed by atoms with Gasteiger partial charge in [-0.3, -0.25) is 4.79 Å². The monoisotopic (exact) mass is 265 g/mol. The van der Waals surface area contributed by atoms with Crippen molar-refractivity contribution in [2.75, 3.05) is 5.73 Å². The summed E-state index contributed by atoms with van der Waals surface area (Å²) in [5.74, 6) is -0.823. The average molecular weight is 265 g/mol. The second-order valence-corrected chi connectivity index (χ2v) is 4.74. The van der Waals surface area contributed by atoms with Gasteiger partial charge in [0, 0.05) is 16.6 Å². The zero-order chi connectivity index (χ0) is 13.1. The molecule has 1 heterocycles. The summed E-state index contributed by atoms with van der Waals surface area (Å²) in [6, 6.07) is 3.89. The molecule has 4 nitrogen and oxygen atoms in total. The summed E-state index contributed by atoms with van der Waals surface area (Å²) in [7, 11) is 0.